The van der Waals surface area contributed by atoms with Gasteiger partial charge in [0.25, 0.3) is 25.2 Å². The monoisotopic (exact) mass is 791 g/mol. The van der Waals surface area contributed by atoms with Crippen LogP contribution in [0, 0.1) is 0 Å². The molecule has 8 rings (SSSR count). The maximum atomic E-state index is 11.7. The van der Waals surface area contributed by atoms with Crippen LogP contribution in [0.3, 0.4) is 0 Å². The Balaban J connectivity index is 1.20. The minimum Gasteiger partial charge on any atom is -0.335 e. The number of benzene rings is 4. The zero-order valence-corrected chi connectivity index (χ0v) is 31.8. The number of aromatic nitrogens is 1. The Kier molecular flexibility index (Phi) is 9.30. The lowest BCUT2D eigenvalue weighted by Gasteiger charge is -2.20. The van der Waals surface area contributed by atoms with Crippen molar-refractivity contribution in [2.24, 2.45) is 0 Å². The Bertz CT molecular complexity index is 2640. The summed E-state index contributed by atoms with van der Waals surface area (Å²) in [6, 6.07) is 33.6. The molecule has 0 radical (unpaired) electrons. The molecule has 0 bridgehead atoms. The maximum absolute atomic E-state index is 11.7. The average Bonchev–Trinajstić information content (AvgIpc) is 3.86. The summed E-state index contributed by atoms with van der Waals surface area (Å²) >= 11 is 6.63. The highest BCUT2D eigenvalue weighted by Gasteiger charge is 2.29. The molecule has 4 heterocycles. The summed E-state index contributed by atoms with van der Waals surface area (Å²) in [5, 5.41) is 4.15. The summed E-state index contributed by atoms with van der Waals surface area (Å²) < 4.78 is 71.4. The van der Waals surface area contributed by atoms with E-state index < -0.39 is 20.2 Å². The molecule has 3 aromatic heterocycles. The molecule has 1 aliphatic rings. The van der Waals surface area contributed by atoms with Crippen molar-refractivity contribution >= 4 is 108 Å². The van der Waals surface area contributed by atoms with Crippen LogP contribution in [-0.4, -0.2) is 44.0 Å². The topological polar surface area (TPSA) is 116 Å². The lowest BCUT2D eigenvalue weighted by molar-refractivity contribution is -0.668. The molecule has 0 amide bonds. The van der Waals surface area contributed by atoms with Crippen molar-refractivity contribution in [1.29, 1.82) is 0 Å². The van der Waals surface area contributed by atoms with E-state index in [0.717, 1.165) is 51.7 Å². The van der Waals surface area contributed by atoms with Gasteiger partial charge in [0.15, 0.2) is 6.54 Å². The van der Waals surface area contributed by atoms with Crippen molar-refractivity contribution in [1.82, 2.24) is 0 Å². The first kappa shape index (κ1) is 34.5. The Morgan fingerprint density at radius 2 is 1.27 bits per heavy atom. The van der Waals surface area contributed by atoms with Gasteiger partial charge in [-0.2, -0.15) is 21.4 Å². The molecular formula is C37H31N2O6S6+. The van der Waals surface area contributed by atoms with Crippen LogP contribution in [0.25, 0.3) is 57.3 Å². The van der Waals surface area contributed by atoms with Crippen LogP contribution in [0.15, 0.2) is 107 Å². The molecule has 51 heavy (non-hydrogen) atoms. The van der Waals surface area contributed by atoms with Crippen LogP contribution in [-0.2, 0) is 26.8 Å². The van der Waals surface area contributed by atoms with Gasteiger partial charge in [-0.05, 0) is 70.8 Å². The minimum atomic E-state index is -4.14. The van der Waals surface area contributed by atoms with Crippen molar-refractivity contribution in [3.63, 3.8) is 0 Å². The third-order valence-electron chi connectivity index (χ3n) is 8.70. The number of thioether (sulfide) groups is 1. The van der Waals surface area contributed by atoms with E-state index in [4.69, 9.17) is 0 Å². The van der Waals surface area contributed by atoms with E-state index in [9.17, 15) is 25.9 Å². The smallest absolute Gasteiger partial charge is 0.265 e. The van der Waals surface area contributed by atoms with Crippen molar-refractivity contribution in [2.75, 3.05) is 23.0 Å². The highest BCUT2D eigenvalue weighted by Crippen LogP contribution is 2.49. The first-order valence-corrected chi connectivity index (χ1v) is 22.6. The molecule has 0 saturated carbocycles. The van der Waals surface area contributed by atoms with Crippen LogP contribution in [0.2, 0.25) is 0 Å². The summed E-state index contributed by atoms with van der Waals surface area (Å²) in [6.07, 6.45) is 2.53. The number of fused-ring (bicyclic) bond motifs is 4. The Hall–Kier alpha value is -3.60. The fourth-order valence-electron chi connectivity index (χ4n) is 6.35. The van der Waals surface area contributed by atoms with Gasteiger partial charge in [0, 0.05) is 43.1 Å². The van der Waals surface area contributed by atoms with Crippen LogP contribution in [0.1, 0.15) is 17.8 Å². The van der Waals surface area contributed by atoms with E-state index in [1.807, 2.05) is 24.3 Å². The highest BCUT2D eigenvalue weighted by atomic mass is 32.2. The predicted molar refractivity (Wildman–Crippen MR) is 213 cm³/mol. The molecule has 0 saturated heterocycles. The summed E-state index contributed by atoms with van der Waals surface area (Å²) in [4.78, 5) is 5.41. The number of anilines is 1. The number of thiazole rings is 1. The SMILES string of the molecule is O=S(=O)(O)CCCN1C(=Cc2sc3ccc(-c4cc5ccccc5s4)cc3[n+]2CCCS(=O)(=O)O)Sc2ccc(-c3cc4ccccc4s3)cc21. The molecule has 0 atom stereocenters. The molecule has 8 nitrogen and oxygen atoms in total. The molecule has 0 aliphatic carbocycles. The third kappa shape index (κ3) is 7.50. The standard InChI is InChI=1S/C37H30N2O6S6/c40-50(41,42)17-5-15-38-28-19-26(34-21-24-7-1-3-9-30(24)46-34)11-13-32(28)48-36(38)23-37-39(16-6-18-51(43,44)45)29-20-27(12-14-33(29)49-37)35-22-25-8-2-4-10-31(25)47-35/h1-4,7-14,19-23H,5-6,15-18H2,(H-,40,41,42,43,44,45)/p+1. The fraction of sp³-hybridized carbons (Fsp3) is 0.162. The van der Waals surface area contributed by atoms with Crippen LogP contribution >= 0.6 is 45.8 Å². The van der Waals surface area contributed by atoms with Gasteiger partial charge in [-0.15, -0.1) is 22.7 Å². The maximum Gasteiger partial charge on any atom is 0.265 e. The van der Waals surface area contributed by atoms with Crippen LogP contribution in [0.5, 0.6) is 0 Å². The summed E-state index contributed by atoms with van der Waals surface area (Å²) in [7, 11) is -8.28. The van der Waals surface area contributed by atoms with Gasteiger partial charge < -0.3 is 4.90 Å². The number of aryl methyl sites for hydroxylation is 1. The number of hydrogen-bond donors (Lipinski definition) is 2. The summed E-state index contributed by atoms with van der Waals surface area (Å²) in [6.45, 7) is 0.733. The zero-order chi connectivity index (χ0) is 35.3. The molecular weight excluding hydrogens is 761 g/mol. The molecule has 4 aromatic carbocycles. The third-order valence-corrected chi connectivity index (χ3v) is 14.9. The molecule has 2 N–H and O–H groups in total. The Labute approximate surface area is 311 Å². The second kappa shape index (κ2) is 13.7. The highest BCUT2D eigenvalue weighted by molar-refractivity contribution is 8.04. The second-order valence-corrected chi connectivity index (χ2v) is 19.7. The van der Waals surface area contributed by atoms with Gasteiger partial charge in [0.05, 0.1) is 28.3 Å². The van der Waals surface area contributed by atoms with Crippen molar-refractivity contribution in [3.05, 3.63) is 107 Å². The van der Waals surface area contributed by atoms with Gasteiger partial charge in [-0.25, -0.2) is 0 Å². The first-order valence-electron chi connectivity index (χ1n) is 16.1. The number of hydrogen-bond acceptors (Lipinski definition) is 9. The van der Waals surface area contributed by atoms with E-state index in [1.54, 1.807) is 45.8 Å². The number of nitrogens with zero attached hydrogens (tertiary/aromatic N) is 2. The fourth-order valence-corrected chi connectivity index (χ4v) is 11.7. The molecule has 0 fully saturated rings. The van der Waals surface area contributed by atoms with Gasteiger partial charge in [-0.3, -0.25) is 9.11 Å². The van der Waals surface area contributed by atoms with Crippen LogP contribution in [0.4, 0.5) is 5.69 Å². The Morgan fingerprint density at radius 3 is 1.92 bits per heavy atom. The molecule has 0 unspecified atom stereocenters. The largest absolute Gasteiger partial charge is 0.335 e. The minimum absolute atomic E-state index is 0.225. The lowest BCUT2D eigenvalue weighted by Crippen LogP contribution is -2.36. The van der Waals surface area contributed by atoms with E-state index >= 15 is 0 Å². The van der Waals surface area contributed by atoms with Gasteiger partial charge in [0.1, 0.15) is 4.70 Å². The van der Waals surface area contributed by atoms with Gasteiger partial charge in [0.2, 0.25) is 5.52 Å². The van der Waals surface area contributed by atoms with Gasteiger partial charge >= 0.3 is 0 Å². The quantitative estimate of drug-likeness (QED) is 0.0984. The average molecular weight is 792 g/mol. The normalized spacial score (nSPS) is 14.4. The second-order valence-electron chi connectivity index (χ2n) is 12.3. The first-order chi connectivity index (χ1) is 24.5. The number of thiophene rings is 2. The molecule has 0 spiro atoms. The molecule has 7 aromatic rings. The van der Waals surface area contributed by atoms with E-state index in [2.05, 4.69) is 88.3 Å². The lowest BCUT2D eigenvalue weighted by atomic mass is 10.1. The van der Waals surface area contributed by atoms with E-state index in [1.165, 1.54) is 20.2 Å². The number of rotatable bonds is 11. The van der Waals surface area contributed by atoms with E-state index in [-0.39, 0.29) is 24.3 Å². The Morgan fingerprint density at radius 1 is 0.667 bits per heavy atom. The van der Waals surface area contributed by atoms with Crippen molar-refractivity contribution < 1.29 is 30.5 Å². The summed E-state index contributed by atoms with van der Waals surface area (Å²) in [5.74, 6) is -0.711. The summed E-state index contributed by atoms with van der Waals surface area (Å²) in [5.41, 5.74) is 4.05. The van der Waals surface area contributed by atoms with Crippen molar-refractivity contribution in [2.45, 2.75) is 24.3 Å². The van der Waals surface area contributed by atoms with Crippen LogP contribution < -0.4 is 9.47 Å². The molecule has 14 heteroatoms. The van der Waals surface area contributed by atoms with Crippen molar-refractivity contribution in [3.8, 4) is 20.9 Å². The zero-order valence-electron chi connectivity index (χ0n) is 26.9. The van der Waals surface area contributed by atoms with E-state index in [0.29, 0.717) is 13.1 Å². The molecule has 1 aliphatic heterocycles. The molecule has 260 valence electrons. The predicted octanol–water partition coefficient (Wildman–Crippen LogP) is 9.42. The van der Waals surface area contributed by atoms with Gasteiger partial charge in [-0.1, -0.05) is 71.6 Å².